The van der Waals surface area contributed by atoms with E-state index in [1.165, 1.54) is 16.4 Å². The zero-order valence-corrected chi connectivity index (χ0v) is 13.4. The molecule has 1 aliphatic rings. The zero-order chi connectivity index (χ0) is 15.5. The number of carbonyl (C=O) groups excluding carboxylic acids is 1. The van der Waals surface area contributed by atoms with Crippen LogP contribution in [-0.2, 0) is 10.0 Å². The molecule has 0 bridgehead atoms. The van der Waals surface area contributed by atoms with Crippen LogP contribution in [0.5, 0.6) is 0 Å². The highest BCUT2D eigenvalue weighted by Crippen LogP contribution is 2.18. The van der Waals surface area contributed by atoms with Crippen LogP contribution in [0.1, 0.15) is 37.0 Å². The van der Waals surface area contributed by atoms with Crippen molar-refractivity contribution < 1.29 is 13.2 Å². The fourth-order valence-electron chi connectivity index (χ4n) is 2.58. The Morgan fingerprint density at radius 2 is 1.62 bits per heavy atom. The molecule has 0 spiro atoms. The lowest BCUT2D eigenvalue weighted by Crippen LogP contribution is -2.31. The molecule has 2 rings (SSSR count). The Kier molecular flexibility index (Phi) is 5.00. The van der Waals surface area contributed by atoms with Crippen molar-refractivity contribution in [1.82, 2.24) is 9.21 Å². The van der Waals surface area contributed by atoms with E-state index in [0.717, 1.165) is 25.9 Å². The minimum absolute atomic E-state index is 0.0145. The quantitative estimate of drug-likeness (QED) is 0.835. The van der Waals surface area contributed by atoms with Crippen LogP contribution in [0.25, 0.3) is 0 Å². The molecule has 0 saturated carbocycles. The Bertz CT molecular complexity index is 586. The van der Waals surface area contributed by atoms with Crippen molar-refractivity contribution in [3.63, 3.8) is 0 Å². The van der Waals surface area contributed by atoms with Gasteiger partial charge < -0.3 is 4.90 Å². The first-order valence-corrected chi connectivity index (χ1v) is 8.84. The molecule has 0 radical (unpaired) electrons. The van der Waals surface area contributed by atoms with Gasteiger partial charge >= 0.3 is 0 Å². The molecular formula is C15H22N2O3S. The van der Waals surface area contributed by atoms with Gasteiger partial charge in [-0.25, -0.2) is 8.42 Å². The van der Waals surface area contributed by atoms with E-state index in [2.05, 4.69) is 0 Å². The molecule has 0 aliphatic carbocycles. The lowest BCUT2D eigenvalue weighted by atomic mass is 10.2. The van der Waals surface area contributed by atoms with E-state index in [9.17, 15) is 13.2 Å². The van der Waals surface area contributed by atoms with Gasteiger partial charge in [-0.05, 0) is 37.1 Å². The van der Waals surface area contributed by atoms with Gasteiger partial charge in [-0.3, -0.25) is 4.79 Å². The maximum Gasteiger partial charge on any atom is 0.253 e. The van der Waals surface area contributed by atoms with Gasteiger partial charge in [0.05, 0.1) is 4.90 Å². The first kappa shape index (κ1) is 16.0. The van der Waals surface area contributed by atoms with Crippen molar-refractivity contribution in [1.29, 1.82) is 0 Å². The number of carbonyl (C=O) groups is 1. The van der Waals surface area contributed by atoms with E-state index in [0.29, 0.717) is 18.7 Å². The van der Waals surface area contributed by atoms with Crippen molar-refractivity contribution in [3.05, 3.63) is 29.8 Å². The summed E-state index contributed by atoms with van der Waals surface area (Å²) in [7, 11) is -3.45. The van der Waals surface area contributed by atoms with Crippen LogP contribution in [0, 0.1) is 0 Å². The third kappa shape index (κ3) is 3.27. The monoisotopic (exact) mass is 310 g/mol. The van der Waals surface area contributed by atoms with Crippen molar-refractivity contribution in [2.45, 2.75) is 31.6 Å². The van der Waals surface area contributed by atoms with Gasteiger partial charge in [0.2, 0.25) is 10.0 Å². The largest absolute Gasteiger partial charge is 0.339 e. The summed E-state index contributed by atoms with van der Waals surface area (Å²) in [6.45, 7) is 6.08. The second-order valence-corrected chi connectivity index (χ2v) is 7.05. The standard InChI is InChI=1S/C15H22N2O3S/c1-3-17(4-2)21(19,20)14-9-7-13(8-10-14)15(18)16-11-5-6-12-16/h7-10H,3-6,11-12H2,1-2H3. The third-order valence-electron chi connectivity index (χ3n) is 3.84. The van der Waals surface area contributed by atoms with Crippen LogP contribution >= 0.6 is 0 Å². The second kappa shape index (κ2) is 6.58. The van der Waals surface area contributed by atoms with E-state index in [4.69, 9.17) is 0 Å². The third-order valence-corrected chi connectivity index (χ3v) is 5.90. The predicted octanol–water partition coefficient (Wildman–Crippen LogP) is 1.95. The molecule has 1 aromatic rings. The Balaban J connectivity index is 2.20. The molecule has 6 heteroatoms. The number of hydrogen-bond donors (Lipinski definition) is 0. The van der Waals surface area contributed by atoms with Crippen LogP contribution in [-0.4, -0.2) is 49.7 Å². The van der Waals surface area contributed by atoms with E-state index in [-0.39, 0.29) is 10.8 Å². The highest BCUT2D eigenvalue weighted by Gasteiger charge is 2.23. The van der Waals surface area contributed by atoms with Crippen LogP contribution < -0.4 is 0 Å². The fourth-order valence-corrected chi connectivity index (χ4v) is 4.04. The summed E-state index contributed by atoms with van der Waals surface area (Å²) < 4.78 is 26.1. The molecule has 21 heavy (non-hydrogen) atoms. The smallest absolute Gasteiger partial charge is 0.253 e. The average Bonchev–Trinajstić information content (AvgIpc) is 3.02. The number of rotatable bonds is 5. The summed E-state index contributed by atoms with van der Waals surface area (Å²) in [5.74, 6) is -0.0145. The van der Waals surface area contributed by atoms with Gasteiger partial charge in [0.25, 0.3) is 5.91 Å². The number of nitrogens with zero attached hydrogens (tertiary/aromatic N) is 2. The summed E-state index contributed by atoms with van der Waals surface area (Å²) in [5, 5.41) is 0. The molecule has 1 aliphatic heterocycles. The lowest BCUT2D eigenvalue weighted by molar-refractivity contribution is 0.0792. The number of likely N-dealkylation sites (tertiary alicyclic amines) is 1. The minimum atomic E-state index is -3.45. The van der Waals surface area contributed by atoms with Gasteiger partial charge in [0.1, 0.15) is 0 Å². The van der Waals surface area contributed by atoms with Crippen LogP contribution in [0.2, 0.25) is 0 Å². The van der Waals surface area contributed by atoms with Crippen LogP contribution in [0.15, 0.2) is 29.2 Å². The summed E-state index contributed by atoms with van der Waals surface area (Å²) in [6.07, 6.45) is 2.08. The first-order valence-electron chi connectivity index (χ1n) is 7.40. The van der Waals surface area contributed by atoms with E-state index >= 15 is 0 Å². The maximum atomic E-state index is 12.4. The molecule has 5 nitrogen and oxygen atoms in total. The number of sulfonamides is 1. The SMILES string of the molecule is CCN(CC)S(=O)(=O)c1ccc(C(=O)N2CCCC2)cc1. The van der Waals surface area contributed by atoms with E-state index in [1.807, 2.05) is 18.7 Å². The number of benzene rings is 1. The summed E-state index contributed by atoms with van der Waals surface area (Å²) in [4.78, 5) is 14.3. The molecule has 1 saturated heterocycles. The van der Waals surface area contributed by atoms with Gasteiger partial charge in [-0.15, -0.1) is 0 Å². The molecule has 116 valence electrons. The molecular weight excluding hydrogens is 288 g/mol. The predicted molar refractivity (Wildman–Crippen MR) is 81.7 cm³/mol. The normalized spacial score (nSPS) is 15.7. The minimum Gasteiger partial charge on any atom is -0.339 e. The van der Waals surface area contributed by atoms with E-state index in [1.54, 1.807) is 12.1 Å². The lowest BCUT2D eigenvalue weighted by Gasteiger charge is -2.19. The molecule has 1 aromatic carbocycles. The fraction of sp³-hybridized carbons (Fsp3) is 0.533. The summed E-state index contributed by atoms with van der Waals surface area (Å²) in [5.41, 5.74) is 0.551. The Hall–Kier alpha value is -1.40. The van der Waals surface area contributed by atoms with Crippen LogP contribution in [0.4, 0.5) is 0 Å². The topological polar surface area (TPSA) is 57.7 Å². The van der Waals surface area contributed by atoms with Gasteiger partial charge in [-0.2, -0.15) is 4.31 Å². The van der Waals surface area contributed by atoms with Crippen molar-refractivity contribution in [2.24, 2.45) is 0 Å². The molecule has 0 unspecified atom stereocenters. The second-order valence-electron chi connectivity index (χ2n) is 5.11. The Morgan fingerprint density at radius 1 is 1.10 bits per heavy atom. The molecule has 0 N–H and O–H groups in total. The highest BCUT2D eigenvalue weighted by atomic mass is 32.2. The first-order chi connectivity index (χ1) is 10.0. The number of hydrogen-bond acceptors (Lipinski definition) is 3. The average molecular weight is 310 g/mol. The molecule has 0 atom stereocenters. The van der Waals surface area contributed by atoms with Gasteiger partial charge in [-0.1, -0.05) is 13.8 Å². The highest BCUT2D eigenvalue weighted by molar-refractivity contribution is 7.89. The molecule has 0 aromatic heterocycles. The van der Waals surface area contributed by atoms with Crippen molar-refractivity contribution in [2.75, 3.05) is 26.2 Å². The zero-order valence-electron chi connectivity index (χ0n) is 12.6. The van der Waals surface area contributed by atoms with E-state index < -0.39 is 10.0 Å². The molecule has 1 fully saturated rings. The van der Waals surface area contributed by atoms with Crippen molar-refractivity contribution >= 4 is 15.9 Å². The Labute approximate surface area is 126 Å². The Morgan fingerprint density at radius 3 is 2.10 bits per heavy atom. The number of amides is 1. The van der Waals surface area contributed by atoms with Crippen LogP contribution in [0.3, 0.4) is 0 Å². The molecule has 1 heterocycles. The van der Waals surface area contributed by atoms with Gasteiger partial charge in [0.15, 0.2) is 0 Å². The summed E-state index contributed by atoms with van der Waals surface area (Å²) in [6, 6.07) is 6.27. The van der Waals surface area contributed by atoms with Gasteiger partial charge in [0, 0.05) is 31.7 Å². The van der Waals surface area contributed by atoms with Crippen molar-refractivity contribution in [3.8, 4) is 0 Å². The maximum absolute atomic E-state index is 12.4. The summed E-state index contributed by atoms with van der Waals surface area (Å²) >= 11 is 0. The molecule has 1 amide bonds.